The number of hydrogen-bond acceptors (Lipinski definition) is 3. The topological polar surface area (TPSA) is 39.4 Å². The Morgan fingerprint density at radius 1 is 1.64 bits per heavy atom. The molecule has 0 aliphatic heterocycles. The van der Waals surface area contributed by atoms with E-state index < -0.39 is 0 Å². The molecule has 78 valence electrons. The van der Waals surface area contributed by atoms with Crippen molar-refractivity contribution in [1.82, 2.24) is 0 Å². The van der Waals surface area contributed by atoms with Crippen LogP contribution >= 0.6 is 0 Å². The SMILES string of the molecule is CCCCC(C(=O)OC)c1ccco1. The van der Waals surface area contributed by atoms with Crippen molar-refractivity contribution in [3.8, 4) is 0 Å². The van der Waals surface area contributed by atoms with E-state index in [0.29, 0.717) is 5.76 Å². The van der Waals surface area contributed by atoms with Crippen LogP contribution in [0, 0.1) is 0 Å². The van der Waals surface area contributed by atoms with Gasteiger partial charge in [-0.3, -0.25) is 4.79 Å². The zero-order chi connectivity index (χ0) is 10.4. The lowest BCUT2D eigenvalue weighted by atomic mass is 10.00. The quantitative estimate of drug-likeness (QED) is 0.680. The maximum Gasteiger partial charge on any atom is 0.316 e. The summed E-state index contributed by atoms with van der Waals surface area (Å²) in [5, 5.41) is 0. The van der Waals surface area contributed by atoms with Gasteiger partial charge in [-0.05, 0) is 18.6 Å². The molecule has 1 aromatic rings. The maximum absolute atomic E-state index is 11.4. The van der Waals surface area contributed by atoms with Gasteiger partial charge in [-0.2, -0.15) is 0 Å². The minimum Gasteiger partial charge on any atom is -0.468 e. The summed E-state index contributed by atoms with van der Waals surface area (Å²) in [6, 6.07) is 3.61. The minimum atomic E-state index is -0.241. The Bertz CT molecular complexity index is 264. The van der Waals surface area contributed by atoms with Crippen LogP contribution in [-0.2, 0) is 9.53 Å². The van der Waals surface area contributed by atoms with Crippen LogP contribution in [0.2, 0.25) is 0 Å². The Morgan fingerprint density at radius 3 is 2.93 bits per heavy atom. The van der Waals surface area contributed by atoms with Gasteiger partial charge < -0.3 is 9.15 Å². The van der Waals surface area contributed by atoms with E-state index in [-0.39, 0.29) is 11.9 Å². The highest BCUT2D eigenvalue weighted by molar-refractivity contribution is 5.77. The molecule has 3 heteroatoms. The predicted octanol–water partition coefficient (Wildman–Crippen LogP) is 2.73. The molecule has 1 rings (SSSR count). The van der Waals surface area contributed by atoms with E-state index >= 15 is 0 Å². The molecule has 0 spiro atoms. The van der Waals surface area contributed by atoms with Crippen molar-refractivity contribution in [1.29, 1.82) is 0 Å². The van der Waals surface area contributed by atoms with Crippen molar-refractivity contribution in [2.75, 3.05) is 7.11 Å². The molecule has 0 amide bonds. The van der Waals surface area contributed by atoms with Gasteiger partial charge in [0.1, 0.15) is 11.7 Å². The van der Waals surface area contributed by atoms with Gasteiger partial charge in [0.2, 0.25) is 0 Å². The number of furan rings is 1. The van der Waals surface area contributed by atoms with Gasteiger partial charge >= 0.3 is 5.97 Å². The van der Waals surface area contributed by atoms with Crippen LogP contribution in [0.1, 0.15) is 37.9 Å². The van der Waals surface area contributed by atoms with Crippen LogP contribution in [0.4, 0.5) is 0 Å². The molecule has 14 heavy (non-hydrogen) atoms. The second-order valence-corrected chi connectivity index (χ2v) is 3.23. The summed E-state index contributed by atoms with van der Waals surface area (Å²) in [7, 11) is 1.41. The Hall–Kier alpha value is -1.25. The molecule has 1 aromatic heterocycles. The first-order valence-corrected chi connectivity index (χ1v) is 4.90. The van der Waals surface area contributed by atoms with Gasteiger partial charge in [-0.15, -0.1) is 0 Å². The largest absolute Gasteiger partial charge is 0.468 e. The Balaban J connectivity index is 2.67. The Morgan fingerprint density at radius 2 is 2.43 bits per heavy atom. The third-order valence-electron chi connectivity index (χ3n) is 2.22. The molecule has 1 unspecified atom stereocenters. The van der Waals surface area contributed by atoms with Crippen LogP contribution < -0.4 is 0 Å². The molecule has 0 bridgehead atoms. The summed E-state index contributed by atoms with van der Waals surface area (Å²) in [5.74, 6) is 0.244. The molecule has 0 saturated carbocycles. The Kier molecular flexibility index (Phi) is 4.23. The molecule has 0 fully saturated rings. The number of esters is 1. The molecule has 0 aromatic carbocycles. The number of hydrogen-bond donors (Lipinski definition) is 0. The highest BCUT2D eigenvalue weighted by atomic mass is 16.5. The van der Waals surface area contributed by atoms with Crippen LogP contribution in [0.25, 0.3) is 0 Å². The second-order valence-electron chi connectivity index (χ2n) is 3.23. The monoisotopic (exact) mass is 196 g/mol. The average Bonchev–Trinajstić information content (AvgIpc) is 2.71. The second kappa shape index (κ2) is 5.47. The molecule has 0 aliphatic carbocycles. The van der Waals surface area contributed by atoms with Gasteiger partial charge in [0.25, 0.3) is 0 Å². The van der Waals surface area contributed by atoms with E-state index in [1.54, 1.807) is 12.3 Å². The van der Waals surface area contributed by atoms with Gasteiger partial charge in [0.05, 0.1) is 13.4 Å². The van der Waals surface area contributed by atoms with E-state index in [4.69, 9.17) is 9.15 Å². The van der Waals surface area contributed by atoms with Crippen molar-refractivity contribution in [3.63, 3.8) is 0 Å². The zero-order valence-corrected chi connectivity index (χ0v) is 8.66. The lowest BCUT2D eigenvalue weighted by Crippen LogP contribution is -2.13. The normalized spacial score (nSPS) is 12.4. The van der Waals surface area contributed by atoms with E-state index in [2.05, 4.69) is 6.92 Å². The number of ether oxygens (including phenoxy) is 1. The number of unbranched alkanes of at least 4 members (excludes halogenated alkanes) is 1. The van der Waals surface area contributed by atoms with E-state index in [1.807, 2.05) is 6.07 Å². The Labute approximate surface area is 84.1 Å². The van der Waals surface area contributed by atoms with Gasteiger partial charge in [0, 0.05) is 0 Å². The molecule has 1 atom stereocenters. The van der Waals surface area contributed by atoms with Crippen molar-refractivity contribution >= 4 is 5.97 Å². The third kappa shape index (κ3) is 2.62. The van der Waals surface area contributed by atoms with Crippen LogP contribution in [0.3, 0.4) is 0 Å². The first-order chi connectivity index (χ1) is 6.79. The summed E-state index contributed by atoms with van der Waals surface area (Å²) in [6.45, 7) is 2.09. The number of methoxy groups -OCH3 is 1. The molecule has 0 radical (unpaired) electrons. The fraction of sp³-hybridized carbons (Fsp3) is 0.545. The van der Waals surface area contributed by atoms with Crippen molar-refractivity contribution in [2.45, 2.75) is 32.1 Å². The molecule has 1 heterocycles. The number of carbonyl (C=O) groups is 1. The maximum atomic E-state index is 11.4. The summed E-state index contributed by atoms with van der Waals surface area (Å²) >= 11 is 0. The minimum absolute atomic E-state index is 0.214. The summed E-state index contributed by atoms with van der Waals surface area (Å²) in [4.78, 5) is 11.4. The van der Waals surface area contributed by atoms with E-state index in [1.165, 1.54) is 7.11 Å². The summed E-state index contributed by atoms with van der Waals surface area (Å²) < 4.78 is 9.95. The fourth-order valence-electron chi connectivity index (χ4n) is 1.42. The number of rotatable bonds is 5. The predicted molar refractivity (Wildman–Crippen MR) is 53.0 cm³/mol. The molecule has 0 N–H and O–H groups in total. The summed E-state index contributed by atoms with van der Waals surface area (Å²) in [6.07, 6.45) is 4.43. The average molecular weight is 196 g/mol. The molecule has 3 nitrogen and oxygen atoms in total. The third-order valence-corrected chi connectivity index (χ3v) is 2.22. The molecular formula is C11H16O3. The first-order valence-electron chi connectivity index (χ1n) is 4.90. The van der Waals surface area contributed by atoms with Crippen molar-refractivity contribution in [3.05, 3.63) is 24.2 Å². The number of carbonyl (C=O) groups excluding carboxylic acids is 1. The van der Waals surface area contributed by atoms with E-state index in [0.717, 1.165) is 19.3 Å². The summed E-state index contributed by atoms with van der Waals surface area (Å²) in [5.41, 5.74) is 0. The van der Waals surface area contributed by atoms with Gasteiger partial charge in [-0.25, -0.2) is 0 Å². The van der Waals surface area contributed by atoms with Crippen LogP contribution in [-0.4, -0.2) is 13.1 Å². The fourth-order valence-corrected chi connectivity index (χ4v) is 1.42. The molecular weight excluding hydrogens is 180 g/mol. The standard InChI is InChI=1S/C11H16O3/c1-3-4-6-9(11(12)13-2)10-7-5-8-14-10/h5,7-9H,3-4,6H2,1-2H3. The van der Waals surface area contributed by atoms with Gasteiger partial charge in [0.15, 0.2) is 0 Å². The lowest BCUT2D eigenvalue weighted by molar-refractivity contribution is -0.143. The van der Waals surface area contributed by atoms with Crippen LogP contribution in [0.5, 0.6) is 0 Å². The van der Waals surface area contributed by atoms with Crippen LogP contribution in [0.15, 0.2) is 22.8 Å². The smallest absolute Gasteiger partial charge is 0.316 e. The zero-order valence-electron chi connectivity index (χ0n) is 8.66. The molecule has 0 aliphatic rings. The lowest BCUT2D eigenvalue weighted by Gasteiger charge is -2.10. The van der Waals surface area contributed by atoms with Crippen molar-refractivity contribution in [2.24, 2.45) is 0 Å². The first kappa shape index (κ1) is 10.8. The van der Waals surface area contributed by atoms with E-state index in [9.17, 15) is 4.79 Å². The van der Waals surface area contributed by atoms with Crippen molar-refractivity contribution < 1.29 is 13.9 Å². The molecule has 0 saturated heterocycles. The highest BCUT2D eigenvalue weighted by Crippen LogP contribution is 2.23. The van der Waals surface area contributed by atoms with Gasteiger partial charge in [-0.1, -0.05) is 19.8 Å². The highest BCUT2D eigenvalue weighted by Gasteiger charge is 2.22.